The predicted octanol–water partition coefficient (Wildman–Crippen LogP) is 4.32. The first kappa shape index (κ1) is 28.4. The Bertz CT molecular complexity index is 1870. The van der Waals surface area contributed by atoms with Crippen LogP contribution in [0.1, 0.15) is 12.5 Å². The number of aromatic hydroxyl groups is 1. The Morgan fingerprint density at radius 2 is 1.86 bits per heavy atom. The summed E-state index contributed by atoms with van der Waals surface area (Å²) < 4.78 is 30.0. The Balaban J connectivity index is 1.66. The number of likely N-dealkylation sites (N-methyl/N-ethyl adjacent to an activating group) is 1. The number of carbonyl (C=O) groups is 2. The minimum atomic E-state index is -0.810. The van der Waals surface area contributed by atoms with Crippen LogP contribution in [0.15, 0.2) is 66.0 Å². The summed E-state index contributed by atoms with van der Waals surface area (Å²) in [6.07, 6.45) is 1.19. The molecule has 0 bridgehead atoms. The van der Waals surface area contributed by atoms with Gasteiger partial charge in [0.05, 0.1) is 35.1 Å². The van der Waals surface area contributed by atoms with Crippen molar-refractivity contribution in [1.82, 2.24) is 14.5 Å². The molecule has 2 atom stereocenters. The second kappa shape index (κ2) is 10.5. The number of hydrogen-bond acceptors (Lipinski definition) is 6. The van der Waals surface area contributed by atoms with Gasteiger partial charge in [0, 0.05) is 25.0 Å². The van der Waals surface area contributed by atoms with Gasteiger partial charge in [0.1, 0.15) is 34.8 Å². The van der Waals surface area contributed by atoms with Gasteiger partial charge in [-0.3, -0.25) is 19.0 Å². The van der Waals surface area contributed by atoms with Crippen LogP contribution in [0.5, 0.6) is 5.75 Å². The van der Waals surface area contributed by atoms with Crippen molar-refractivity contribution in [3.63, 3.8) is 0 Å². The van der Waals surface area contributed by atoms with Crippen LogP contribution in [0, 0.1) is 11.6 Å². The van der Waals surface area contributed by atoms with Crippen LogP contribution in [0.4, 0.5) is 20.2 Å². The van der Waals surface area contributed by atoms with Crippen LogP contribution < -0.4 is 15.4 Å². The van der Waals surface area contributed by atoms with Crippen LogP contribution in [0.25, 0.3) is 22.3 Å². The zero-order valence-corrected chi connectivity index (χ0v) is 24.0. The van der Waals surface area contributed by atoms with E-state index in [-0.39, 0.29) is 64.8 Å². The Hall–Kier alpha value is -4.77. The fourth-order valence-corrected chi connectivity index (χ4v) is 6.26. The number of pyridine rings is 2. The summed E-state index contributed by atoms with van der Waals surface area (Å²) in [5, 5.41) is 10.9. The van der Waals surface area contributed by atoms with E-state index in [0.29, 0.717) is 16.6 Å². The van der Waals surface area contributed by atoms with Crippen molar-refractivity contribution in [1.29, 1.82) is 0 Å². The number of aromatic nitrogens is 2. The van der Waals surface area contributed by atoms with Crippen molar-refractivity contribution >= 4 is 45.8 Å². The molecular weight excluding hydrogens is 580 g/mol. The van der Waals surface area contributed by atoms with Crippen LogP contribution in [0.2, 0.25) is 5.02 Å². The van der Waals surface area contributed by atoms with Gasteiger partial charge in [0.2, 0.25) is 5.91 Å². The largest absolute Gasteiger partial charge is 0.507 e. The average molecular weight is 606 g/mol. The SMILES string of the molecule is C=CC(=O)N1C[C@@H]2C(=O)N(C)c3c(c4cc(Cl)c(-c5c(O)cccc5F)nc4n(Cc4ccc(F)cc4)c3=O)N2[C@@H](C)C1. The van der Waals surface area contributed by atoms with Gasteiger partial charge in [0.15, 0.2) is 0 Å². The van der Waals surface area contributed by atoms with Crippen molar-refractivity contribution < 1.29 is 23.5 Å². The Labute approximate surface area is 249 Å². The Morgan fingerprint density at radius 1 is 1.14 bits per heavy atom. The molecule has 12 heteroatoms. The number of anilines is 2. The van der Waals surface area contributed by atoms with Gasteiger partial charge >= 0.3 is 0 Å². The summed E-state index contributed by atoms with van der Waals surface area (Å²) >= 11 is 6.72. The maximum atomic E-state index is 15.0. The third-order valence-corrected chi connectivity index (χ3v) is 8.29. The zero-order valence-electron chi connectivity index (χ0n) is 23.2. The second-order valence-corrected chi connectivity index (χ2v) is 11.1. The Morgan fingerprint density at radius 3 is 2.53 bits per heavy atom. The number of fused-ring (bicyclic) bond motifs is 5. The molecule has 2 aromatic carbocycles. The van der Waals surface area contributed by atoms with Gasteiger partial charge in [0.25, 0.3) is 11.5 Å². The number of piperazine rings is 1. The van der Waals surface area contributed by atoms with E-state index in [2.05, 4.69) is 11.6 Å². The van der Waals surface area contributed by atoms with E-state index in [0.717, 1.165) is 6.07 Å². The lowest BCUT2D eigenvalue weighted by Gasteiger charge is -2.50. The van der Waals surface area contributed by atoms with Gasteiger partial charge in [-0.25, -0.2) is 13.8 Å². The topological polar surface area (TPSA) is 99.0 Å². The fraction of sp³-hybridized carbons (Fsp3) is 0.226. The molecule has 1 N–H and O–H groups in total. The number of nitrogens with zero attached hydrogens (tertiary/aromatic N) is 5. The van der Waals surface area contributed by atoms with Crippen molar-refractivity contribution in [3.05, 3.63) is 93.8 Å². The van der Waals surface area contributed by atoms with E-state index in [1.807, 2.05) is 11.8 Å². The molecule has 0 saturated carbocycles. The predicted molar refractivity (Wildman–Crippen MR) is 159 cm³/mol. The normalized spacial score (nSPS) is 18.1. The van der Waals surface area contributed by atoms with E-state index in [1.54, 1.807) is 6.07 Å². The first-order valence-electron chi connectivity index (χ1n) is 13.5. The summed E-state index contributed by atoms with van der Waals surface area (Å²) in [5.74, 6) is -2.29. The molecular formula is C31H26ClF2N5O4. The minimum absolute atomic E-state index is 0.00584. The first-order valence-corrected chi connectivity index (χ1v) is 13.9. The van der Waals surface area contributed by atoms with Crippen molar-refractivity contribution in [2.75, 3.05) is 29.9 Å². The molecule has 2 aromatic heterocycles. The van der Waals surface area contributed by atoms with Crippen molar-refractivity contribution in [3.8, 4) is 17.0 Å². The Kier molecular flexibility index (Phi) is 6.92. The van der Waals surface area contributed by atoms with Crippen LogP contribution in [0.3, 0.4) is 0 Å². The molecule has 2 aliphatic heterocycles. The van der Waals surface area contributed by atoms with Crippen LogP contribution >= 0.6 is 11.6 Å². The van der Waals surface area contributed by atoms with E-state index in [9.17, 15) is 28.3 Å². The van der Waals surface area contributed by atoms with E-state index in [4.69, 9.17) is 11.6 Å². The lowest BCUT2D eigenvalue weighted by Crippen LogP contribution is -2.66. The molecule has 1 fully saturated rings. The van der Waals surface area contributed by atoms with Crippen molar-refractivity contribution in [2.24, 2.45) is 0 Å². The van der Waals surface area contributed by atoms with Gasteiger partial charge in [-0.1, -0.05) is 36.4 Å². The minimum Gasteiger partial charge on any atom is -0.507 e. The molecule has 0 aliphatic carbocycles. The molecule has 4 aromatic rings. The molecule has 220 valence electrons. The van der Waals surface area contributed by atoms with Crippen molar-refractivity contribution in [2.45, 2.75) is 25.6 Å². The maximum absolute atomic E-state index is 15.0. The second-order valence-electron chi connectivity index (χ2n) is 10.7. The van der Waals surface area contributed by atoms with E-state index < -0.39 is 29.3 Å². The summed E-state index contributed by atoms with van der Waals surface area (Å²) in [6, 6.07) is 9.71. The fourth-order valence-electron chi connectivity index (χ4n) is 6.02. The zero-order chi connectivity index (χ0) is 30.7. The van der Waals surface area contributed by atoms with E-state index in [1.165, 1.54) is 63.9 Å². The number of phenols is 1. The first-order chi connectivity index (χ1) is 20.5. The maximum Gasteiger partial charge on any atom is 0.278 e. The number of halogens is 3. The highest BCUT2D eigenvalue weighted by Gasteiger charge is 2.46. The third kappa shape index (κ3) is 4.51. The molecule has 6 rings (SSSR count). The highest BCUT2D eigenvalue weighted by atomic mass is 35.5. The highest BCUT2D eigenvalue weighted by Crippen LogP contribution is 2.44. The van der Waals surface area contributed by atoms with Gasteiger partial charge in [-0.2, -0.15) is 0 Å². The molecule has 1 saturated heterocycles. The monoisotopic (exact) mass is 605 g/mol. The average Bonchev–Trinajstić information content (AvgIpc) is 2.98. The van der Waals surface area contributed by atoms with Gasteiger partial charge in [-0.15, -0.1) is 0 Å². The molecule has 2 aliphatic rings. The molecule has 0 unspecified atom stereocenters. The summed E-state index contributed by atoms with van der Waals surface area (Å²) in [6.45, 7) is 5.68. The number of phenolic OH excluding ortho intramolecular Hbond substituents is 1. The lowest BCUT2D eigenvalue weighted by atomic mass is 9.97. The van der Waals surface area contributed by atoms with Gasteiger partial charge < -0.3 is 19.8 Å². The lowest BCUT2D eigenvalue weighted by molar-refractivity contribution is -0.129. The summed E-state index contributed by atoms with van der Waals surface area (Å²) in [4.78, 5) is 49.8. The molecule has 0 radical (unpaired) electrons. The number of rotatable bonds is 4. The van der Waals surface area contributed by atoms with E-state index >= 15 is 0 Å². The molecule has 0 spiro atoms. The number of benzene rings is 2. The molecule has 9 nitrogen and oxygen atoms in total. The quantitative estimate of drug-likeness (QED) is 0.348. The van der Waals surface area contributed by atoms with Gasteiger partial charge in [-0.05, 0) is 48.9 Å². The smallest absolute Gasteiger partial charge is 0.278 e. The molecule has 43 heavy (non-hydrogen) atoms. The molecule has 2 amide bonds. The third-order valence-electron chi connectivity index (χ3n) is 8.01. The highest BCUT2D eigenvalue weighted by molar-refractivity contribution is 6.34. The number of amides is 2. The summed E-state index contributed by atoms with van der Waals surface area (Å²) in [5.41, 5.74) is 0.311. The number of hydrogen-bond donors (Lipinski definition) is 1. The summed E-state index contributed by atoms with van der Waals surface area (Å²) in [7, 11) is 1.49. The molecule has 4 heterocycles. The standard InChI is InChI=1S/C31H26ClF2N5O4/c1-4-24(41)37-13-16(2)39-22(15-37)30(42)36(3)28-27(39)19-12-20(32)26(25-21(34)6-5-7-23(25)40)35-29(19)38(31(28)43)14-17-8-10-18(33)11-9-17/h4-12,16,22,40H,1,13-15H2,2-3H3/t16-,22+/m0/s1. The number of carbonyl (C=O) groups excluding carboxylic acids is 2. The van der Waals surface area contributed by atoms with Crippen LogP contribution in [-0.2, 0) is 16.1 Å². The van der Waals surface area contributed by atoms with Crippen LogP contribution in [-0.4, -0.2) is 63.6 Å².